The molecule has 1 aromatic carbocycles. The summed E-state index contributed by atoms with van der Waals surface area (Å²) in [6, 6.07) is 9.14. The van der Waals surface area contributed by atoms with Crippen LogP contribution in [0.2, 0.25) is 0 Å². The first-order chi connectivity index (χ1) is 9.08. The van der Waals surface area contributed by atoms with E-state index in [1.807, 2.05) is 38.1 Å². The largest absolute Gasteiger partial charge is 0.497 e. The van der Waals surface area contributed by atoms with Gasteiger partial charge in [-0.25, -0.2) is 4.98 Å². The molecule has 4 nitrogen and oxygen atoms in total. The maximum Gasteiger partial charge on any atom is 0.223 e. The predicted octanol–water partition coefficient (Wildman–Crippen LogP) is 4.16. The second-order valence-electron chi connectivity index (χ2n) is 4.32. The van der Waals surface area contributed by atoms with Gasteiger partial charge in [-0.1, -0.05) is 19.9 Å². The van der Waals surface area contributed by atoms with Gasteiger partial charge in [0.05, 0.1) is 7.11 Å². The molecule has 0 saturated heterocycles. The van der Waals surface area contributed by atoms with Crippen LogP contribution in [0, 0.1) is 0 Å². The van der Waals surface area contributed by atoms with Crippen LogP contribution in [0.4, 0.5) is 0 Å². The topological polar surface area (TPSA) is 44.2 Å². The number of rotatable bonds is 4. The summed E-state index contributed by atoms with van der Waals surface area (Å²) in [7, 11) is 1.62. The Bertz CT molecular complexity index is 573. The average molecular weight is 323 g/mol. The standard InChI is InChI=1S/C14H15BrN2O2/c1-9(2)14-16-12(15)8-13(17-14)19-11-6-4-5-10(7-11)18-3/h4-9H,1-3H3. The molecule has 19 heavy (non-hydrogen) atoms. The van der Waals surface area contributed by atoms with Crippen molar-refractivity contribution >= 4 is 15.9 Å². The molecule has 2 rings (SSSR count). The zero-order valence-corrected chi connectivity index (χ0v) is 12.6. The molecule has 0 unspecified atom stereocenters. The highest BCUT2D eigenvalue weighted by atomic mass is 79.9. The van der Waals surface area contributed by atoms with Gasteiger partial charge < -0.3 is 9.47 Å². The molecule has 0 radical (unpaired) electrons. The number of hydrogen-bond acceptors (Lipinski definition) is 4. The van der Waals surface area contributed by atoms with Crippen molar-refractivity contribution in [1.82, 2.24) is 9.97 Å². The minimum atomic E-state index is 0.241. The molecule has 100 valence electrons. The lowest BCUT2D eigenvalue weighted by molar-refractivity contribution is 0.406. The van der Waals surface area contributed by atoms with Gasteiger partial charge in [-0.2, -0.15) is 4.98 Å². The van der Waals surface area contributed by atoms with Crippen molar-refractivity contribution in [3.05, 3.63) is 40.8 Å². The normalized spacial score (nSPS) is 10.6. The van der Waals surface area contributed by atoms with Crippen LogP contribution in [0.1, 0.15) is 25.6 Å². The van der Waals surface area contributed by atoms with Gasteiger partial charge in [0.15, 0.2) is 0 Å². The smallest absolute Gasteiger partial charge is 0.223 e. The molecule has 0 amide bonds. The van der Waals surface area contributed by atoms with Gasteiger partial charge in [-0.3, -0.25) is 0 Å². The molecule has 0 spiro atoms. The molecule has 0 atom stereocenters. The number of hydrogen-bond donors (Lipinski definition) is 0. The second-order valence-corrected chi connectivity index (χ2v) is 5.14. The molecule has 0 saturated carbocycles. The summed E-state index contributed by atoms with van der Waals surface area (Å²) >= 11 is 3.37. The molecule has 0 aliphatic rings. The summed E-state index contributed by atoms with van der Waals surface area (Å²) in [6.07, 6.45) is 0. The summed E-state index contributed by atoms with van der Waals surface area (Å²) in [6.45, 7) is 4.08. The third kappa shape index (κ3) is 3.67. The van der Waals surface area contributed by atoms with Gasteiger partial charge in [0, 0.05) is 18.1 Å². The maximum atomic E-state index is 5.73. The first-order valence-electron chi connectivity index (χ1n) is 5.95. The summed E-state index contributed by atoms with van der Waals surface area (Å²) in [5, 5.41) is 0. The van der Waals surface area contributed by atoms with E-state index < -0.39 is 0 Å². The Morgan fingerprint density at radius 3 is 2.53 bits per heavy atom. The van der Waals surface area contributed by atoms with Crippen molar-refractivity contribution in [3.8, 4) is 17.4 Å². The summed E-state index contributed by atoms with van der Waals surface area (Å²) in [4.78, 5) is 8.69. The van der Waals surface area contributed by atoms with Crippen LogP contribution in [0.5, 0.6) is 17.4 Å². The molecule has 0 bridgehead atoms. The third-order valence-electron chi connectivity index (χ3n) is 2.47. The fourth-order valence-electron chi connectivity index (χ4n) is 1.51. The van der Waals surface area contributed by atoms with Crippen LogP contribution in [-0.2, 0) is 0 Å². The number of aromatic nitrogens is 2. The maximum absolute atomic E-state index is 5.73. The Kier molecular flexibility index (Phi) is 4.37. The fourth-order valence-corrected chi connectivity index (χ4v) is 1.89. The first kappa shape index (κ1) is 13.8. The van der Waals surface area contributed by atoms with E-state index in [2.05, 4.69) is 25.9 Å². The summed E-state index contributed by atoms with van der Waals surface area (Å²) in [5.41, 5.74) is 0. The van der Waals surface area contributed by atoms with Crippen molar-refractivity contribution in [2.75, 3.05) is 7.11 Å². The number of methoxy groups -OCH3 is 1. The van der Waals surface area contributed by atoms with E-state index in [0.717, 1.165) is 11.6 Å². The van der Waals surface area contributed by atoms with E-state index in [-0.39, 0.29) is 5.92 Å². The lowest BCUT2D eigenvalue weighted by Gasteiger charge is -2.09. The molecule has 0 N–H and O–H groups in total. The van der Waals surface area contributed by atoms with E-state index in [0.29, 0.717) is 16.2 Å². The highest BCUT2D eigenvalue weighted by molar-refractivity contribution is 9.10. The molecule has 0 fully saturated rings. The van der Waals surface area contributed by atoms with Crippen molar-refractivity contribution in [3.63, 3.8) is 0 Å². The number of benzene rings is 1. The van der Waals surface area contributed by atoms with Crippen LogP contribution < -0.4 is 9.47 Å². The minimum absolute atomic E-state index is 0.241. The Morgan fingerprint density at radius 1 is 1.11 bits per heavy atom. The SMILES string of the molecule is COc1cccc(Oc2cc(Br)nc(C(C)C)n2)c1. The lowest BCUT2D eigenvalue weighted by atomic mass is 10.2. The van der Waals surface area contributed by atoms with E-state index >= 15 is 0 Å². The van der Waals surface area contributed by atoms with Crippen molar-refractivity contribution < 1.29 is 9.47 Å². The van der Waals surface area contributed by atoms with Gasteiger partial charge in [0.2, 0.25) is 5.88 Å². The number of ether oxygens (including phenoxy) is 2. The Labute approximate surface area is 120 Å². The minimum Gasteiger partial charge on any atom is -0.497 e. The second kappa shape index (κ2) is 6.02. The van der Waals surface area contributed by atoms with Crippen LogP contribution >= 0.6 is 15.9 Å². The predicted molar refractivity (Wildman–Crippen MR) is 76.9 cm³/mol. The number of halogens is 1. The zero-order valence-electron chi connectivity index (χ0n) is 11.1. The monoisotopic (exact) mass is 322 g/mol. The van der Waals surface area contributed by atoms with Crippen molar-refractivity contribution in [2.24, 2.45) is 0 Å². The van der Waals surface area contributed by atoms with Crippen molar-refractivity contribution in [1.29, 1.82) is 0 Å². The van der Waals surface area contributed by atoms with E-state index in [1.165, 1.54) is 0 Å². The van der Waals surface area contributed by atoms with Crippen LogP contribution in [-0.4, -0.2) is 17.1 Å². The zero-order chi connectivity index (χ0) is 13.8. The summed E-state index contributed by atoms with van der Waals surface area (Å²) in [5.74, 6) is 2.92. The lowest BCUT2D eigenvalue weighted by Crippen LogP contribution is -2.00. The van der Waals surface area contributed by atoms with Gasteiger partial charge in [0.25, 0.3) is 0 Å². The molecule has 0 aliphatic heterocycles. The Morgan fingerprint density at radius 2 is 1.84 bits per heavy atom. The highest BCUT2D eigenvalue weighted by Crippen LogP contribution is 2.26. The van der Waals surface area contributed by atoms with Gasteiger partial charge in [-0.15, -0.1) is 0 Å². The Balaban J connectivity index is 2.27. The quantitative estimate of drug-likeness (QED) is 0.793. The van der Waals surface area contributed by atoms with Gasteiger partial charge >= 0.3 is 0 Å². The molecule has 5 heteroatoms. The average Bonchev–Trinajstić information content (AvgIpc) is 2.38. The van der Waals surface area contributed by atoms with Gasteiger partial charge in [0.1, 0.15) is 21.9 Å². The fraction of sp³-hybridized carbons (Fsp3) is 0.286. The van der Waals surface area contributed by atoms with E-state index in [9.17, 15) is 0 Å². The van der Waals surface area contributed by atoms with Crippen molar-refractivity contribution in [2.45, 2.75) is 19.8 Å². The molecule has 1 heterocycles. The summed E-state index contributed by atoms with van der Waals surface area (Å²) < 4.78 is 11.6. The van der Waals surface area contributed by atoms with E-state index in [1.54, 1.807) is 13.2 Å². The van der Waals surface area contributed by atoms with Crippen LogP contribution in [0.25, 0.3) is 0 Å². The van der Waals surface area contributed by atoms with Crippen LogP contribution in [0.3, 0.4) is 0 Å². The Hall–Kier alpha value is -1.62. The molecular weight excluding hydrogens is 308 g/mol. The number of nitrogens with zero attached hydrogens (tertiary/aromatic N) is 2. The first-order valence-corrected chi connectivity index (χ1v) is 6.74. The molecular formula is C14H15BrN2O2. The molecule has 1 aromatic heterocycles. The highest BCUT2D eigenvalue weighted by Gasteiger charge is 2.08. The third-order valence-corrected chi connectivity index (χ3v) is 2.87. The van der Waals surface area contributed by atoms with Gasteiger partial charge in [-0.05, 0) is 28.1 Å². The van der Waals surface area contributed by atoms with Crippen LogP contribution in [0.15, 0.2) is 34.9 Å². The molecule has 2 aromatic rings. The van der Waals surface area contributed by atoms with E-state index in [4.69, 9.17) is 9.47 Å². The molecule has 0 aliphatic carbocycles.